The molecule has 5 heteroatoms. The molecular weight excluding hydrogens is 262 g/mol. The smallest absolute Gasteiger partial charge is 0.226 e. The lowest BCUT2D eigenvalue weighted by Crippen LogP contribution is -2.26. The van der Waals surface area contributed by atoms with Crippen molar-refractivity contribution in [2.45, 2.75) is 26.3 Å². The van der Waals surface area contributed by atoms with Crippen LogP contribution in [0, 0.1) is 12.3 Å². The molecule has 3 N–H and O–H groups in total. The average Bonchev–Trinajstić information content (AvgIpc) is 2.68. The lowest BCUT2D eigenvalue weighted by molar-refractivity contribution is 0.737. The number of nitrogens with two attached hydrogens (primary N) is 1. The summed E-state index contributed by atoms with van der Waals surface area (Å²) in [7, 11) is 0. The van der Waals surface area contributed by atoms with E-state index in [4.69, 9.17) is 11.1 Å². The third kappa shape index (κ3) is 2.86. The first-order chi connectivity index (χ1) is 10.1. The number of nitrogens with one attached hydrogen (secondary N) is 1. The molecule has 0 bridgehead atoms. The van der Waals surface area contributed by atoms with Crippen LogP contribution in [0.15, 0.2) is 30.3 Å². The van der Waals surface area contributed by atoms with Crippen molar-refractivity contribution in [1.29, 1.82) is 5.41 Å². The van der Waals surface area contributed by atoms with Crippen molar-refractivity contribution in [3.63, 3.8) is 0 Å². The number of anilines is 1. The Bertz CT molecular complexity index is 680. The standard InChI is InChI=1S/C16H19N5/c1-11-9-14(15(17)18)20-16(19-11)21-8-4-7-12-5-2-3-6-13(12)10-21/h2-3,5-6,9H,4,7-8,10H2,1H3,(H3,17,18). The zero-order valence-corrected chi connectivity index (χ0v) is 12.1. The second-order valence-corrected chi connectivity index (χ2v) is 5.40. The first kappa shape index (κ1) is 13.5. The number of hydrogen-bond donors (Lipinski definition) is 2. The van der Waals surface area contributed by atoms with Crippen LogP contribution in [-0.4, -0.2) is 22.3 Å². The van der Waals surface area contributed by atoms with Gasteiger partial charge in [-0.25, -0.2) is 9.97 Å². The molecule has 0 saturated carbocycles. The Morgan fingerprint density at radius 1 is 1.24 bits per heavy atom. The number of aromatic nitrogens is 2. The van der Waals surface area contributed by atoms with E-state index in [-0.39, 0.29) is 5.84 Å². The van der Waals surface area contributed by atoms with Crippen molar-refractivity contribution in [3.05, 3.63) is 52.8 Å². The Balaban J connectivity index is 1.95. The summed E-state index contributed by atoms with van der Waals surface area (Å²) in [4.78, 5) is 11.1. The number of fused-ring (bicyclic) bond motifs is 1. The van der Waals surface area contributed by atoms with Crippen LogP contribution in [-0.2, 0) is 13.0 Å². The summed E-state index contributed by atoms with van der Waals surface area (Å²) in [5, 5.41) is 7.57. The van der Waals surface area contributed by atoms with E-state index < -0.39 is 0 Å². The highest BCUT2D eigenvalue weighted by Gasteiger charge is 2.17. The minimum Gasteiger partial charge on any atom is -0.382 e. The minimum atomic E-state index is -0.0167. The van der Waals surface area contributed by atoms with E-state index in [0.29, 0.717) is 11.6 Å². The lowest BCUT2D eigenvalue weighted by Gasteiger charge is -2.21. The molecular formula is C16H19N5. The van der Waals surface area contributed by atoms with Gasteiger partial charge in [0.25, 0.3) is 0 Å². The zero-order chi connectivity index (χ0) is 14.8. The minimum absolute atomic E-state index is 0.0167. The van der Waals surface area contributed by atoms with Crippen molar-refractivity contribution in [2.24, 2.45) is 5.73 Å². The summed E-state index contributed by atoms with van der Waals surface area (Å²) < 4.78 is 0. The fourth-order valence-electron chi connectivity index (χ4n) is 2.70. The predicted molar refractivity (Wildman–Crippen MR) is 83.6 cm³/mol. The first-order valence-electron chi connectivity index (χ1n) is 7.15. The molecule has 1 aliphatic rings. The van der Waals surface area contributed by atoms with Gasteiger partial charge in [0.05, 0.1) is 0 Å². The van der Waals surface area contributed by atoms with Gasteiger partial charge in [-0.2, -0.15) is 0 Å². The molecule has 2 aromatic rings. The van der Waals surface area contributed by atoms with Gasteiger partial charge in [-0.15, -0.1) is 0 Å². The van der Waals surface area contributed by atoms with Crippen LogP contribution in [0.2, 0.25) is 0 Å². The SMILES string of the molecule is Cc1cc(C(=N)N)nc(N2CCCc3ccccc3C2)n1. The maximum Gasteiger partial charge on any atom is 0.226 e. The van der Waals surface area contributed by atoms with Gasteiger partial charge in [0.15, 0.2) is 0 Å². The number of nitrogens with zero attached hydrogens (tertiary/aromatic N) is 3. The predicted octanol–water partition coefficient (Wildman–Crippen LogP) is 2.02. The van der Waals surface area contributed by atoms with E-state index in [1.54, 1.807) is 6.07 Å². The highest BCUT2D eigenvalue weighted by atomic mass is 15.3. The summed E-state index contributed by atoms with van der Waals surface area (Å²) in [6.07, 6.45) is 2.15. The van der Waals surface area contributed by atoms with Gasteiger partial charge >= 0.3 is 0 Å². The fourth-order valence-corrected chi connectivity index (χ4v) is 2.70. The number of nitrogen functional groups attached to an aromatic ring is 1. The number of amidine groups is 1. The van der Waals surface area contributed by atoms with E-state index in [0.717, 1.165) is 31.6 Å². The molecule has 5 nitrogen and oxygen atoms in total. The molecule has 0 saturated heterocycles. The van der Waals surface area contributed by atoms with E-state index in [9.17, 15) is 0 Å². The van der Waals surface area contributed by atoms with Gasteiger partial charge in [-0.3, -0.25) is 5.41 Å². The topological polar surface area (TPSA) is 78.9 Å². The summed E-state index contributed by atoms with van der Waals surface area (Å²) >= 11 is 0. The van der Waals surface area contributed by atoms with E-state index in [2.05, 4.69) is 39.1 Å². The van der Waals surface area contributed by atoms with E-state index >= 15 is 0 Å². The summed E-state index contributed by atoms with van der Waals surface area (Å²) in [5.41, 5.74) is 9.62. The van der Waals surface area contributed by atoms with Crippen LogP contribution in [0.1, 0.15) is 28.9 Å². The monoisotopic (exact) mass is 281 g/mol. The van der Waals surface area contributed by atoms with Crippen molar-refractivity contribution in [1.82, 2.24) is 9.97 Å². The quantitative estimate of drug-likeness (QED) is 0.652. The Morgan fingerprint density at radius 3 is 2.76 bits per heavy atom. The lowest BCUT2D eigenvalue weighted by atomic mass is 10.0. The third-order valence-corrected chi connectivity index (χ3v) is 3.75. The molecule has 0 aliphatic carbocycles. The van der Waals surface area contributed by atoms with Gasteiger partial charge in [0.2, 0.25) is 5.95 Å². The van der Waals surface area contributed by atoms with Crippen molar-refractivity contribution < 1.29 is 0 Å². The molecule has 21 heavy (non-hydrogen) atoms. The molecule has 3 rings (SSSR count). The molecule has 1 aromatic carbocycles. The molecule has 0 fully saturated rings. The Kier molecular flexibility index (Phi) is 3.56. The molecule has 1 aliphatic heterocycles. The zero-order valence-electron chi connectivity index (χ0n) is 12.1. The highest BCUT2D eigenvalue weighted by molar-refractivity contribution is 5.93. The number of aryl methyl sites for hydroxylation is 2. The van der Waals surface area contributed by atoms with E-state index in [1.807, 2.05) is 6.92 Å². The summed E-state index contributed by atoms with van der Waals surface area (Å²) in [6.45, 7) is 3.62. The first-order valence-corrected chi connectivity index (χ1v) is 7.15. The maximum absolute atomic E-state index is 7.57. The van der Waals surface area contributed by atoms with Crippen LogP contribution in [0.3, 0.4) is 0 Å². The summed E-state index contributed by atoms with van der Waals surface area (Å²) in [5.74, 6) is 0.647. The fraction of sp³-hybridized carbons (Fsp3) is 0.312. The Morgan fingerprint density at radius 2 is 2.00 bits per heavy atom. The Labute approximate surface area is 124 Å². The van der Waals surface area contributed by atoms with Gasteiger partial charge in [0.1, 0.15) is 11.5 Å². The van der Waals surface area contributed by atoms with Gasteiger partial charge in [-0.1, -0.05) is 24.3 Å². The highest BCUT2D eigenvalue weighted by Crippen LogP contribution is 2.21. The molecule has 2 heterocycles. The van der Waals surface area contributed by atoms with Crippen LogP contribution in [0.4, 0.5) is 5.95 Å². The van der Waals surface area contributed by atoms with Crippen molar-refractivity contribution in [3.8, 4) is 0 Å². The molecule has 108 valence electrons. The van der Waals surface area contributed by atoms with Gasteiger partial charge < -0.3 is 10.6 Å². The second-order valence-electron chi connectivity index (χ2n) is 5.40. The normalized spacial score (nSPS) is 14.4. The number of benzene rings is 1. The molecule has 1 aromatic heterocycles. The molecule has 0 spiro atoms. The average molecular weight is 281 g/mol. The van der Waals surface area contributed by atoms with E-state index in [1.165, 1.54) is 11.1 Å². The third-order valence-electron chi connectivity index (χ3n) is 3.75. The maximum atomic E-state index is 7.57. The van der Waals surface area contributed by atoms with Crippen LogP contribution in [0.5, 0.6) is 0 Å². The van der Waals surface area contributed by atoms with Crippen LogP contribution >= 0.6 is 0 Å². The van der Waals surface area contributed by atoms with Gasteiger partial charge in [0, 0.05) is 18.8 Å². The largest absolute Gasteiger partial charge is 0.382 e. The Hall–Kier alpha value is -2.43. The molecule has 0 amide bonds. The van der Waals surface area contributed by atoms with Crippen LogP contribution < -0.4 is 10.6 Å². The van der Waals surface area contributed by atoms with Crippen molar-refractivity contribution >= 4 is 11.8 Å². The van der Waals surface area contributed by atoms with Crippen LogP contribution in [0.25, 0.3) is 0 Å². The number of rotatable bonds is 2. The number of hydrogen-bond acceptors (Lipinski definition) is 4. The molecule has 0 unspecified atom stereocenters. The summed E-state index contributed by atoms with van der Waals surface area (Å²) in [6, 6.07) is 10.3. The van der Waals surface area contributed by atoms with Crippen molar-refractivity contribution in [2.75, 3.05) is 11.4 Å². The second kappa shape index (κ2) is 5.52. The molecule has 0 atom stereocenters. The molecule has 0 radical (unpaired) electrons. The van der Waals surface area contributed by atoms with Gasteiger partial charge in [-0.05, 0) is 37.0 Å².